The number of fused-ring (bicyclic) bond motifs is 16. The minimum Gasteiger partial charge on any atom is -0.310 e. The molecular formula is C132H100N8. The molecule has 22 aromatic rings. The van der Waals surface area contributed by atoms with Crippen molar-refractivity contribution >= 4 is 111 Å². The van der Waals surface area contributed by atoms with Crippen molar-refractivity contribution in [3.8, 4) is 89.5 Å². The lowest BCUT2D eigenvalue weighted by Crippen LogP contribution is -2.16. The van der Waals surface area contributed by atoms with Crippen LogP contribution in [0.25, 0.3) is 133 Å². The highest BCUT2D eigenvalue weighted by atomic mass is 15.2. The van der Waals surface area contributed by atoms with Crippen molar-refractivity contribution in [2.75, 3.05) is 19.6 Å². The molecule has 0 unspecified atom stereocenters. The number of nitrogens with zero attached hydrogens (tertiary/aromatic N) is 8. The van der Waals surface area contributed by atoms with Crippen LogP contribution >= 0.6 is 0 Å². The lowest BCUT2D eigenvalue weighted by molar-refractivity contribution is 0.660. The van der Waals surface area contributed by atoms with Gasteiger partial charge in [0.05, 0.1) is 22.8 Å². The van der Waals surface area contributed by atoms with E-state index in [0.717, 1.165) is 113 Å². The average molecular weight is 1800 g/mol. The van der Waals surface area contributed by atoms with Crippen molar-refractivity contribution in [2.24, 2.45) is 0 Å². The van der Waals surface area contributed by atoms with E-state index in [-0.39, 0.29) is 21.7 Å². The van der Waals surface area contributed by atoms with Gasteiger partial charge in [0.1, 0.15) is 0 Å². The Morgan fingerprint density at radius 1 is 0.143 bits per heavy atom. The van der Waals surface area contributed by atoms with Crippen LogP contribution in [-0.2, 0) is 21.7 Å². The lowest BCUT2D eigenvalue weighted by atomic mass is 9.82. The number of aromatic nitrogens is 4. The molecule has 0 bridgehead atoms. The van der Waals surface area contributed by atoms with Gasteiger partial charge >= 0.3 is 0 Å². The van der Waals surface area contributed by atoms with Crippen LogP contribution in [0.3, 0.4) is 0 Å². The third kappa shape index (κ3) is 14.3. The summed E-state index contributed by atoms with van der Waals surface area (Å²) in [4.78, 5) is 29.5. The minimum atomic E-state index is -0.123. The van der Waals surface area contributed by atoms with Gasteiger partial charge < -0.3 is 19.6 Å². The molecule has 0 radical (unpaired) electrons. The highest BCUT2D eigenvalue weighted by Crippen LogP contribution is 2.57. The van der Waals surface area contributed by atoms with Gasteiger partial charge in [-0.1, -0.05) is 347 Å². The maximum Gasteiger partial charge on any atom is 0.0965 e. The molecule has 0 amide bonds. The summed E-state index contributed by atoms with van der Waals surface area (Å²) in [5.74, 6) is 0. The average Bonchev–Trinajstić information content (AvgIpc) is 1.59. The largest absolute Gasteiger partial charge is 0.310 e. The molecule has 4 aliphatic carbocycles. The van der Waals surface area contributed by atoms with E-state index in [4.69, 9.17) is 19.9 Å². The van der Waals surface area contributed by atoms with Crippen LogP contribution in [0.15, 0.2) is 462 Å². The zero-order chi connectivity index (χ0) is 94.3. The molecule has 4 aliphatic rings. The smallest absolute Gasteiger partial charge is 0.0965 e. The first-order chi connectivity index (χ1) is 68.4. The highest BCUT2D eigenvalue weighted by molar-refractivity contribution is 5.99. The second kappa shape index (κ2) is 33.4. The second-order valence-electron chi connectivity index (χ2n) is 39.8. The molecule has 668 valence electrons. The van der Waals surface area contributed by atoms with Gasteiger partial charge in [0.15, 0.2) is 0 Å². The third-order valence-corrected chi connectivity index (χ3v) is 30.3. The van der Waals surface area contributed by atoms with Crippen molar-refractivity contribution in [3.63, 3.8) is 0 Å². The van der Waals surface area contributed by atoms with Gasteiger partial charge in [-0.3, -0.25) is 19.9 Å². The molecule has 0 atom stereocenters. The number of anilines is 12. The zero-order valence-corrected chi connectivity index (χ0v) is 79.5. The van der Waals surface area contributed by atoms with Crippen LogP contribution in [-0.4, -0.2) is 19.9 Å². The van der Waals surface area contributed by atoms with Gasteiger partial charge in [-0.15, -0.1) is 0 Å². The Labute approximate surface area is 817 Å². The van der Waals surface area contributed by atoms with Crippen molar-refractivity contribution in [2.45, 2.75) is 77.0 Å². The van der Waals surface area contributed by atoms with Crippen LogP contribution in [0.4, 0.5) is 68.2 Å². The van der Waals surface area contributed by atoms with E-state index < -0.39 is 0 Å². The maximum atomic E-state index is 4.98. The monoisotopic (exact) mass is 1800 g/mol. The third-order valence-electron chi connectivity index (χ3n) is 30.3. The van der Waals surface area contributed by atoms with E-state index in [1.165, 1.54) is 132 Å². The van der Waals surface area contributed by atoms with Gasteiger partial charge in [0, 0.05) is 137 Å². The number of benzene rings is 20. The molecule has 8 heteroatoms. The van der Waals surface area contributed by atoms with E-state index in [1.54, 1.807) is 24.8 Å². The first-order valence-electron chi connectivity index (χ1n) is 48.6. The van der Waals surface area contributed by atoms with Crippen molar-refractivity contribution in [3.05, 3.63) is 506 Å². The van der Waals surface area contributed by atoms with Crippen LogP contribution in [0.1, 0.15) is 99.9 Å². The number of rotatable bonds is 16. The first-order valence-corrected chi connectivity index (χ1v) is 48.6. The molecule has 2 heterocycles. The molecule has 0 spiro atoms. The fraction of sp³-hybridized carbons (Fsp3) is 0.0909. The standard InChI is InChI=1S/2C66H50N4/c2*1-65(2)59-19-11-9-17-55(59)57-35-33-53(41-61(57)65)69(51-31-21-43-13-5-7-15-47(43)39-51)49-27-23-45(24-28-49)63-64(68-38-37-67-63)46-25-29-50(30-26-46)70(52-32-22-44-14-6-8-16-48(44)40-52)54-34-36-58-56-18-10-12-20-60(56)66(3,4)62(58)42-54/h2*5-42H,1-4H3. The summed E-state index contributed by atoms with van der Waals surface area (Å²) >= 11 is 0. The molecule has 0 saturated heterocycles. The predicted molar refractivity (Wildman–Crippen MR) is 585 cm³/mol. The quantitative estimate of drug-likeness (QED) is 0.0948. The lowest BCUT2D eigenvalue weighted by Gasteiger charge is -2.28. The summed E-state index contributed by atoms with van der Waals surface area (Å²) in [5.41, 5.74) is 41.4. The fourth-order valence-electron chi connectivity index (χ4n) is 23.0. The Bertz CT molecular complexity index is 7690. The van der Waals surface area contributed by atoms with Gasteiger partial charge in [-0.25, -0.2) is 0 Å². The molecule has 0 fully saturated rings. The summed E-state index contributed by atoms with van der Waals surface area (Å²) in [6.45, 7) is 18.8. The Morgan fingerprint density at radius 2 is 0.307 bits per heavy atom. The molecule has 2 aromatic heterocycles. The molecule has 140 heavy (non-hydrogen) atoms. The van der Waals surface area contributed by atoms with E-state index >= 15 is 0 Å². The maximum absolute atomic E-state index is 4.98. The van der Waals surface area contributed by atoms with E-state index in [2.05, 4.69) is 512 Å². The van der Waals surface area contributed by atoms with Crippen molar-refractivity contribution in [1.29, 1.82) is 0 Å². The highest BCUT2D eigenvalue weighted by Gasteiger charge is 2.41. The van der Waals surface area contributed by atoms with E-state index in [9.17, 15) is 0 Å². The molecular weight excluding hydrogens is 1700 g/mol. The predicted octanol–water partition coefficient (Wildman–Crippen LogP) is 35.3. The molecule has 8 nitrogen and oxygen atoms in total. The summed E-state index contributed by atoms with van der Waals surface area (Å²) in [7, 11) is 0. The SMILES string of the molecule is CC1(C)c2ccccc2-c2ccc(N(c3ccc(-c4nccnc4-c4ccc(N(c5ccc6c(c5)C(C)(C)c5ccccc5-6)c5ccc6ccccc6c5)cc4)cc3)c3ccc4ccccc4c3)cc21.CC1(C)c2ccccc2-c2ccc(N(c3ccc(-c4nccnc4-c4ccc(N(c5ccc6c(c5)C(C)(C)c5ccccc5-6)c5ccc6ccccc6c5)cc4)cc3)c3ccc4ccccc4c3)cc21. The number of hydrogen-bond acceptors (Lipinski definition) is 8. The first kappa shape index (κ1) is 84.5. The van der Waals surface area contributed by atoms with Crippen LogP contribution < -0.4 is 19.6 Å². The second-order valence-corrected chi connectivity index (χ2v) is 39.8. The van der Waals surface area contributed by atoms with Gasteiger partial charge in [0.2, 0.25) is 0 Å². The minimum absolute atomic E-state index is 0.123. The molecule has 0 N–H and O–H groups in total. The Balaban J connectivity index is 0.000000148. The topological polar surface area (TPSA) is 64.5 Å². The summed E-state index contributed by atoms with van der Waals surface area (Å²) in [6, 6.07) is 160. The Morgan fingerprint density at radius 3 is 0.521 bits per heavy atom. The molecule has 0 aliphatic heterocycles. The fourth-order valence-corrected chi connectivity index (χ4v) is 23.0. The zero-order valence-electron chi connectivity index (χ0n) is 79.5. The van der Waals surface area contributed by atoms with E-state index in [1.807, 2.05) is 0 Å². The Hall–Kier alpha value is -17.2. The number of hydrogen-bond donors (Lipinski definition) is 0. The molecule has 26 rings (SSSR count). The summed E-state index contributed by atoms with van der Waals surface area (Å²) in [5, 5.41) is 9.68. The molecule has 0 saturated carbocycles. The van der Waals surface area contributed by atoms with Crippen LogP contribution in [0.2, 0.25) is 0 Å². The van der Waals surface area contributed by atoms with Crippen molar-refractivity contribution in [1.82, 2.24) is 19.9 Å². The van der Waals surface area contributed by atoms with Crippen LogP contribution in [0.5, 0.6) is 0 Å². The summed E-state index contributed by atoms with van der Waals surface area (Å²) in [6.07, 6.45) is 7.17. The summed E-state index contributed by atoms with van der Waals surface area (Å²) < 4.78 is 0. The van der Waals surface area contributed by atoms with Gasteiger partial charge in [-0.2, -0.15) is 0 Å². The van der Waals surface area contributed by atoms with E-state index in [0.29, 0.717) is 0 Å². The Kier molecular flexibility index (Phi) is 20.1. The van der Waals surface area contributed by atoms with Crippen molar-refractivity contribution < 1.29 is 0 Å². The van der Waals surface area contributed by atoms with Crippen LogP contribution in [0, 0.1) is 0 Å². The van der Waals surface area contributed by atoms with Gasteiger partial charge in [0.25, 0.3) is 0 Å². The normalized spacial score (nSPS) is 13.7. The van der Waals surface area contributed by atoms with Gasteiger partial charge in [-0.05, 0) is 278 Å². The molecule has 20 aromatic carbocycles.